The number of fused-ring (bicyclic) bond motifs is 2. The number of aromatic nitrogens is 2. The lowest BCUT2D eigenvalue weighted by Crippen LogP contribution is -2.27. The smallest absolute Gasteiger partial charge is 0.255 e. The van der Waals surface area contributed by atoms with Crippen LogP contribution in [0.4, 0.5) is 0 Å². The Hall–Kier alpha value is -2.14. The minimum absolute atomic E-state index is 0.0181. The van der Waals surface area contributed by atoms with Gasteiger partial charge in [0.05, 0.1) is 17.9 Å². The number of nitrogens with one attached hydrogen (secondary N) is 1. The van der Waals surface area contributed by atoms with Crippen LogP contribution in [0.1, 0.15) is 29.1 Å². The molecule has 23 heavy (non-hydrogen) atoms. The number of hydrogen-bond acceptors (Lipinski definition) is 4. The van der Waals surface area contributed by atoms with Gasteiger partial charge < -0.3 is 9.72 Å². The van der Waals surface area contributed by atoms with Crippen molar-refractivity contribution in [2.45, 2.75) is 32.9 Å². The molecular formula is C18H21N3O2. The molecule has 5 nitrogen and oxygen atoms in total. The fourth-order valence-corrected chi connectivity index (χ4v) is 3.67. The van der Waals surface area contributed by atoms with Crippen LogP contribution in [0.15, 0.2) is 29.1 Å². The number of H-pyrrole nitrogens is 1. The van der Waals surface area contributed by atoms with E-state index in [4.69, 9.17) is 4.74 Å². The van der Waals surface area contributed by atoms with Crippen molar-refractivity contribution in [2.75, 3.05) is 13.2 Å². The van der Waals surface area contributed by atoms with Crippen molar-refractivity contribution in [3.63, 3.8) is 0 Å². The van der Waals surface area contributed by atoms with Crippen molar-refractivity contribution in [3.8, 4) is 5.75 Å². The number of benzene rings is 1. The highest BCUT2D eigenvalue weighted by Gasteiger charge is 2.27. The third kappa shape index (κ3) is 2.88. The number of rotatable bonds is 2. The average molecular weight is 311 g/mol. The van der Waals surface area contributed by atoms with E-state index < -0.39 is 0 Å². The molecule has 0 amide bonds. The monoisotopic (exact) mass is 311 g/mol. The van der Waals surface area contributed by atoms with Crippen molar-refractivity contribution in [1.29, 1.82) is 0 Å². The first-order valence-electron chi connectivity index (χ1n) is 8.21. The van der Waals surface area contributed by atoms with Crippen LogP contribution in [0.2, 0.25) is 0 Å². The summed E-state index contributed by atoms with van der Waals surface area (Å²) in [6.45, 7) is 5.06. The van der Waals surface area contributed by atoms with E-state index in [9.17, 15) is 4.79 Å². The van der Waals surface area contributed by atoms with Crippen LogP contribution in [-0.4, -0.2) is 28.0 Å². The van der Waals surface area contributed by atoms with Crippen LogP contribution in [0, 0.1) is 12.8 Å². The first kappa shape index (κ1) is 14.5. The average Bonchev–Trinajstić information content (AvgIpc) is 2.80. The second-order valence-corrected chi connectivity index (χ2v) is 6.56. The summed E-state index contributed by atoms with van der Waals surface area (Å²) in [4.78, 5) is 21.7. The molecule has 0 radical (unpaired) electrons. The lowest BCUT2D eigenvalue weighted by atomic mass is 9.96. The Bertz CT molecular complexity index is 784. The Morgan fingerprint density at radius 3 is 3.13 bits per heavy atom. The molecule has 2 aromatic rings. The minimum Gasteiger partial charge on any atom is -0.493 e. The molecule has 0 fully saturated rings. The molecule has 4 rings (SSSR count). The summed E-state index contributed by atoms with van der Waals surface area (Å²) in [5.74, 6) is 2.27. The predicted octanol–water partition coefficient (Wildman–Crippen LogP) is 2.04. The van der Waals surface area contributed by atoms with Crippen molar-refractivity contribution in [3.05, 3.63) is 57.3 Å². The van der Waals surface area contributed by atoms with Gasteiger partial charge in [-0.2, -0.15) is 0 Å². The van der Waals surface area contributed by atoms with Gasteiger partial charge in [-0.15, -0.1) is 0 Å². The summed E-state index contributed by atoms with van der Waals surface area (Å²) in [5, 5.41) is 0. The van der Waals surface area contributed by atoms with E-state index in [0.29, 0.717) is 18.3 Å². The maximum Gasteiger partial charge on any atom is 0.255 e. The van der Waals surface area contributed by atoms with Crippen molar-refractivity contribution < 1.29 is 4.74 Å². The molecule has 120 valence electrons. The number of ether oxygens (including phenoxy) is 1. The Kier molecular flexibility index (Phi) is 3.65. The van der Waals surface area contributed by atoms with Gasteiger partial charge in [-0.05, 0) is 37.3 Å². The van der Waals surface area contributed by atoms with Gasteiger partial charge >= 0.3 is 0 Å². The zero-order valence-electron chi connectivity index (χ0n) is 13.3. The first-order chi connectivity index (χ1) is 11.2. The molecule has 0 bridgehead atoms. The molecule has 2 aliphatic rings. The van der Waals surface area contributed by atoms with E-state index in [1.54, 1.807) is 0 Å². The molecule has 1 aromatic carbocycles. The fourth-order valence-electron chi connectivity index (χ4n) is 3.67. The molecule has 1 N–H and O–H groups in total. The lowest BCUT2D eigenvalue weighted by molar-refractivity contribution is 0.211. The van der Waals surface area contributed by atoms with Gasteiger partial charge in [-0.1, -0.05) is 18.2 Å². The highest BCUT2D eigenvalue weighted by molar-refractivity contribution is 5.34. The van der Waals surface area contributed by atoms with Crippen molar-refractivity contribution >= 4 is 0 Å². The number of hydrogen-bond donors (Lipinski definition) is 1. The van der Waals surface area contributed by atoms with E-state index in [1.807, 2.05) is 13.0 Å². The summed E-state index contributed by atoms with van der Waals surface area (Å²) in [5.41, 5.74) is 3.08. The highest BCUT2D eigenvalue weighted by Crippen LogP contribution is 2.28. The van der Waals surface area contributed by atoms with E-state index >= 15 is 0 Å². The zero-order chi connectivity index (χ0) is 15.8. The minimum atomic E-state index is 0.0181. The van der Waals surface area contributed by atoms with Gasteiger partial charge in [0, 0.05) is 19.6 Å². The molecule has 0 spiro atoms. The molecule has 3 heterocycles. The molecule has 5 heteroatoms. The van der Waals surface area contributed by atoms with E-state index in [2.05, 4.69) is 33.1 Å². The molecule has 0 saturated carbocycles. The zero-order valence-corrected chi connectivity index (χ0v) is 13.3. The normalized spacial score (nSPS) is 20.5. The fraction of sp³-hybridized carbons (Fsp3) is 0.444. The Morgan fingerprint density at radius 2 is 2.22 bits per heavy atom. The van der Waals surface area contributed by atoms with Crippen molar-refractivity contribution in [1.82, 2.24) is 14.9 Å². The van der Waals surface area contributed by atoms with E-state index in [1.165, 1.54) is 5.56 Å². The van der Waals surface area contributed by atoms with Crippen LogP contribution in [0.5, 0.6) is 5.75 Å². The van der Waals surface area contributed by atoms with E-state index in [0.717, 1.165) is 49.5 Å². The van der Waals surface area contributed by atoms with Crippen LogP contribution >= 0.6 is 0 Å². The van der Waals surface area contributed by atoms with Gasteiger partial charge in [0.25, 0.3) is 5.56 Å². The third-order valence-electron chi connectivity index (χ3n) is 4.76. The second-order valence-electron chi connectivity index (χ2n) is 6.56. The molecule has 0 aliphatic carbocycles. The van der Waals surface area contributed by atoms with Crippen LogP contribution in [-0.2, 0) is 19.5 Å². The summed E-state index contributed by atoms with van der Waals surface area (Å²) in [7, 11) is 0. The summed E-state index contributed by atoms with van der Waals surface area (Å²) < 4.78 is 5.85. The Morgan fingerprint density at radius 1 is 1.35 bits per heavy atom. The molecule has 1 unspecified atom stereocenters. The van der Waals surface area contributed by atoms with Crippen LogP contribution < -0.4 is 10.3 Å². The third-order valence-corrected chi connectivity index (χ3v) is 4.76. The van der Waals surface area contributed by atoms with Crippen LogP contribution in [0.25, 0.3) is 0 Å². The number of para-hydroxylation sites is 1. The molecule has 0 saturated heterocycles. The first-order valence-corrected chi connectivity index (χ1v) is 8.21. The lowest BCUT2D eigenvalue weighted by Gasteiger charge is -2.21. The van der Waals surface area contributed by atoms with Gasteiger partial charge in [0.1, 0.15) is 11.6 Å². The Labute approximate surface area is 135 Å². The number of aromatic amines is 1. The van der Waals surface area contributed by atoms with Crippen molar-refractivity contribution in [2.24, 2.45) is 5.92 Å². The maximum atomic E-state index is 12.0. The number of aryl methyl sites for hydroxylation is 1. The van der Waals surface area contributed by atoms with Gasteiger partial charge in [0.2, 0.25) is 0 Å². The Balaban J connectivity index is 1.48. The predicted molar refractivity (Wildman–Crippen MR) is 87.5 cm³/mol. The second kappa shape index (κ2) is 5.81. The van der Waals surface area contributed by atoms with Crippen LogP contribution in [0.3, 0.4) is 0 Å². The number of nitrogens with zero attached hydrogens (tertiary/aromatic N) is 2. The topological polar surface area (TPSA) is 58.2 Å². The molecular weight excluding hydrogens is 290 g/mol. The van der Waals surface area contributed by atoms with E-state index in [-0.39, 0.29) is 5.56 Å². The largest absolute Gasteiger partial charge is 0.493 e. The standard InChI is InChI=1S/C18H21N3O2/c1-12-19-16-11-21(10-15(16)18(22)20-12)9-13-6-7-23-17-5-3-2-4-14(17)8-13/h2-5,13H,6-11H2,1H3,(H,19,20,22). The SMILES string of the molecule is Cc1nc2c(c(=O)[nH]1)CN(CC1CCOc3ccccc3C1)C2. The summed E-state index contributed by atoms with van der Waals surface area (Å²) in [6.07, 6.45) is 2.08. The summed E-state index contributed by atoms with van der Waals surface area (Å²) in [6, 6.07) is 8.30. The quantitative estimate of drug-likeness (QED) is 0.922. The molecule has 2 aliphatic heterocycles. The summed E-state index contributed by atoms with van der Waals surface area (Å²) >= 11 is 0. The van der Waals surface area contributed by atoms with Gasteiger partial charge in [-0.3, -0.25) is 9.69 Å². The molecule has 1 aromatic heterocycles. The maximum absolute atomic E-state index is 12.0. The van der Waals surface area contributed by atoms with Gasteiger partial charge in [0.15, 0.2) is 0 Å². The van der Waals surface area contributed by atoms with Gasteiger partial charge in [-0.25, -0.2) is 4.98 Å². The highest BCUT2D eigenvalue weighted by atomic mass is 16.5. The molecule has 1 atom stereocenters.